The van der Waals surface area contributed by atoms with Crippen LogP contribution in [0.3, 0.4) is 0 Å². The fourth-order valence-corrected chi connectivity index (χ4v) is 7.82. The molecule has 9 aromatic rings. The average Bonchev–Trinajstić information content (AvgIpc) is 3.57. The summed E-state index contributed by atoms with van der Waals surface area (Å²) in [5, 5.41) is 13.4. The fourth-order valence-electron chi connectivity index (χ4n) is 7.82. The molecule has 0 radical (unpaired) electrons. The van der Waals surface area contributed by atoms with Crippen molar-refractivity contribution in [1.29, 1.82) is 0 Å². The number of rotatable bonds is 6. The van der Waals surface area contributed by atoms with Gasteiger partial charge in [0, 0.05) is 60.0 Å². The van der Waals surface area contributed by atoms with Crippen molar-refractivity contribution in [2.45, 2.75) is 52.4 Å². The Bertz CT molecular complexity index is 2950. The molecule has 4 nitrogen and oxygen atoms in total. The summed E-state index contributed by atoms with van der Waals surface area (Å²) in [6.07, 6.45) is 0. The second kappa shape index (κ2) is 15.6. The molecule has 294 valence electrons. The molecular weight excluding hydrogens is 902 g/mol. The van der Waals surface area contributed by atoms with Crippen molar-refractivity contribution in [3.8, 4) is 67.6 Å². The van der Waals surface area contributed by atoms with E-state index in [-0.39, 0.29) is 37.6 Å². The molecule has 6 aromatic carbocycles. The zero-order valence-electron chi connectivity index (χ0n) is 34.2. The summed E-state index contributed by atoms with van der Waals surface area (Å²) in [4.78, 5) is 10.4. The topological polar surface area (TPSA) is 50.9 Å². The quantitative estimate of drug-likeness (QED) is 0.169. The number of phenolic OH excluding ortho intramolecular Hbond substituents is 1. The van der Waals surface area contributed by atoms with Crippen molar-refractivity contribution >= 4 is 21.8 Å². The normalized spacial score (nSPS) is 11.8. The number of hydrogen-bond donors (Lipinski definition) is 1. The first kappa shape index (κ1) is 39.7. The van der Waals surface area contributed by atoms with Gasteiger partial charge in [-0.3, -0.25) is 9.97 Å². The molecular formula is C54H46N3OPt-. The Morgan fingerprint density at radius 2 is 1.03 bits per heavy atom. The van der Waals surface area contributed by atoms with Crippen LogP contribution in [-0.2, 0) is 31.9 Å². The van der Waals surface area contributed by atoms with E-state index >= 15 is 0 Å². The summed E-state index contributed by atoms with van der Waals surface area (Å²) in [7, 11) is 0. The van der Waals surface area contributed by atoms with Gasteiger partial charge >= 0.3 is 0 Å². The number of para-hydroxylation sites is 3. The van der Waals surface area contributed by atoms with Gasteiger partial charge in [-0.1, -0.05) is 150 Å². The van der Waals surface area contributed by atoms with E-state index in [1.165, 1.54) is 27.4 Å². The van der Waals surface area contributed by atoms with Gasteiger partial charge in [-0.15, -0.1) is 24.3 Å². The molecule has 0 fully saturated rings. The summed E-state index contributed by atoms with van der Waals surface area (Å²) in [5.74, 6) is 0.193. The molecule has 0 saturated carbocycles. The standard InChI is InChI=1S/C54H46N3O.Pt/c1-53(2,3)40-29-38(30-41(34-40)54(4,5)6)39-31-48(56-49(32-39)45-21-11-13-25-52(45)58)36-17-14-16-35(28-36)46-22-15-23-47(55-46)37-26-27-44-43-20-10-12-24-50(43)57(51(44)33-37)42-18-8-7-9-19-42;/h7-27,29-34,58H,1-6H3;/q-1;. The minimum Gasteiger partial charge on any atom is -0.507 e. The molecule has 0 aliphatic carbocycles. The number of aromatic nitrogens is 3. The third kappa shape index (κ3) is 7.78. The van der Waals surface area contributed by atoms with Crippen molar-refractivity contribution in [3.63, 3.8) is 0 Å². The molecule has 3 aromatic heterocycles. The molecule has 1 N–H and O–H groups in total. The second-order valence-corrected chi connectivity index (χ2v) is 17.2. The van der Waals surface area contributed by atoms with Crippen LogP contribution < -0.4 is 0 Å². The van der Waals surface area contributed by atoms with Gasteiger partial charge in [-0.05, 0) is 81.6 Å². The number of nitrogens with zero attached hydrogens (tertiary/aromatic N) is 3. The molecule has 0 saturated heterocycles. The SMILES string of the molecule is CC(C)(C)c1cc(-c2cc(-c3[c-]c(-c4cccc(-c5ccc6c7ccccc7n(-c7ccccc7)c6c5)n4)ccc3)nc(-c3ccccc3O)c2)cc(C(C)(C)C)c1.[Pt]. The summed E-state index contributed by atoms with van der Waals surface area (Å²) in [5.41, 5.74) is 14.7. The van der Waals surface area contributed by atoms with Gasteiger partial charge in [0.1, 0.15) is 5.75 Å². The first-order chi connectivity index (χ1) is 27.9. The maximum Gasteiger partial charge on any atom is 0.124 e. The van der Waals surface area contributed by atoms with Gasteiger partial charge in [0.25, 0.3) is 0 Å². The molecule has 0 atom stereocenters. The summed E-state index contributed by atoms with van der Waals surface area (Å²) in [6, 6.07) is 60.4. The van der Waals surface area contributed by atoms with Crippen LogP contribution in [-0.4, -0.2) is 19.6 Å². The Morgan fingerprint density at radius 1 is 0.458 bits per heavy atom. The maximum atomic E-state index is 11.0. The summed E-state index contributed by atoms with van der Waals surface area (Å²) < 4.78 is 2.34. The number of benzene rings is 6. The molecule has 9 rings (SSSR count). The maximum absolute atomic E-state index is 11.0. The number of aromatic hydroxyl groups is 1. The Hall–Kier alpha value is -6.09. The minimum absolute atomic E-state index is 0. The first-order valence-electron chi connectivity index (χ1n) is 20.0. The van der Waals surface area contributed by atoms with E-state index in [4.69, 9.17) is 9.97 Å². The van der Waals surface area contributed by atoms with Gasteiger partial charge in [0.2, 0.25) is 0 Å². The van der Waals surface area contributed by atoms with E-state index in [1.54, 1.807) is 6.07 Å². The zero-order chi connectivity index (χ0) is 40.2. The molecule has 0 bridgehead atoms. The van der Waals surface area contributed by atoms with Crippen molar-refractivity contribution < 1.29 is 26.2 Å². The third-order valence-electron chi connectivity index (χ3n) is 11.1. The van der Waals surface area contributed by atoms with Crippen molar-refractivity contribution in [1.82, 2.24) is 14.5 Å². The monoisotopic (exact) mass is 947 g/mol. The van der Waals surface area contributed by atoms with E-state index in [9.17, 15) is 5.11 Å². The summed E-state index contributed by atoms with van der Waals surface area (Å²) in [6.45, 7) is 13.6. The van der Waals surface area contributed by atoms with Crippen LogP contribution >= 0.6 is 0 Å². The molecule has 0 amide bonds. The molecule has 5 heteroatoms. The van der Waals surface area contributed by atoms with E-state index in [2.05, 4.69) is 180 Å². The largest absolute Gasteiger partial charge is 0.507 e. The predicted octanol–water partition coefficient (Wildman–Crippen LogP) is 14.0. The van der Waals surface area contributed by atoms with Crippen molar-refractivity contribution in [2.24, 2.45) is 0 Å². The van der Waals surface area contributed by atoms with Crippen LogP contribution in [0.5, 0.6) is 5.75 Å². The Kier molecular flexibility index (Phi) is 10.5. The van der Waals surface area contributed by atoms with Crippen LogP contribution in [0, 0.1) is 6.07 Å². The van der Waals surface area contributed by atoms with E-state index in [1.807, 2.05) is 30.3 Å². The Labute approximate surface area is 361 Å². The zero-order valence-corrected chi connectivity index (χ0v) is 36.5. The smallest absolute Gasteiger partial charge is 0.124 e. The number of hydrogen-bond acceptors (Lipinski definition) is 3. The van der Waals surface area contributed by atoms with Gasteiger partial charge in [-0.25, -0.2) is 0 Å². The minimum atomic E-state index is -0.0396. The Morgan fingerprint density at radius 3 is 1.76 bits per heavy atom. The predicted molar refractivity (Wildman–Crippen MR) is 241 cm³/mol. The van der Waals surface area contributed by atoms with E-state index in [0.717, 1.165) is 56.1 Å². The number of phenols is 1. The average molecular weight is 948 g/mol. The molecule has 0 unspecified atom stereocenters. The van der Waals surface area contributed by atoms with E-state index in [0.29, 0.717) is 11.3 Å². The van der Waals surface area contributed by atoms with Gasteiger partial charge in [0.15, 0.2) is 0 Å². The molecule has 59 heavy (non-hydrogen) atoms. The number of pyridine rings is 2. The van der Waals surface area contributed by atoms with Crippen LogP contribution in [0.2, 0.25) is 0 Å². The van der Waals surface area contributed by atoms with Crippen molar-refractivity contribution in [3.05, 3.63) is 181 Å². The summed E-state index contributed by atoms with van der Waals surface area (Å²) >= 11 is 0. The van der Waals surface area contributed by atoms with Gasteiger partial charge in [-0.2, -0.15) is 0 Å². The van der Waals surface area contributed by atoms with Crippen LogP contribution in [0.15, 0.2) is 164 Å². The number of fused-ring (bicyclic) bond motifs is 3. The fraction of sp³-hybridized carbons (Fsp3) is 0.148. The Balaban J connectivity index is 0.00000484. The molecule has 0 aliphatic rings. The van der Waals surface area contributed by atoms with Crippen LogP contribution in [0.25, 0.3) is 83.6 Å². The van der Waals surface area contributed by atoms with Gasteiger partial charge in [0.05, 0.1) is 22.4 Å². The first-order valence-corrected chi connectivity index (χ1v) is 20.0. The second-order valence-electron chi connectivity index (χ2n) is 17.2. The molecule has 0 aliphatic heterocycles. The van der Waals surface area contributed by atoms with Crippen LogP contribution in [0.1, 0.15) is 52.7 Å². The third-order valence-corrected chi connectivity index (χ3v) is 11.1. The van der Waals surface area contributed by atoms with E-state index < -0.39 is 0 Å². The molecule has 3 heterocycles. The van der Waals surface area contributed by atoms with Crippen LogP contribution in [0.4, 0.5) is 0 Å². The molecule has 0 spiro atoms. The van der Waals surface area contributed by atoms with Gasteiger partial charge < -0.3 is 9.67 Å². The van der Waals surface area contributed by atoms with Crippen molar-refractivity contribution in [2.75, 3.05) is 0 Å².